The van der Waals surface area contributed by atoms with Gasteiger partial charge in [0, 0.05) is 6.04 Å². The number of aliphatic carboxylic acids is 1. The van der Waals surface area contributed by atoms with Gasteiger partial charge in [-0.25, -0.2) is 0 Å². The first-order chi connectivity index (χ1) is 7.66. The minimum atomic E-state index is -0.757. The molecule has 1 heterocycles. The Labute approximate surface area is 97.3 Å². The summed E-state index contributed by atoms with van der Waals surface area (Å²) >= 11 is 1.39. The van der Waals surface area contributed by atoms with Gasteiger partial charge in [-0.1, -0.05) is 6.07 Å². The molecule has 1 aromatic rings. The second-order valence-electron chi connectivity index (χ2n) is 4.00. The Morgan fingerprint density at radius 3 is 2.81 bits per heavy atom. The summed E-state index contributed by atoms with van der Waals surface area (Å²) in [7, 11) is 0. The molecule has 0 saturated heterocycles. The summed E-state index contributed by atoms with van der Waals surface area (Å²) in [5.74, 6) is -1.15. The lowest BCUT2D eigenvalue weighted by Crippen LogP contribution is -2.32. The molecule has 0 bridgehead atoms. The van der Waals surface area contributed by atoms with Gasteiger partial charge in [-0.15, -0.1) is 11.3 Å². The van der Waals surface area contributed by atoms with Gasteiger partial charge in [0.2, 0.25) is 0 Å². The number of carbonyl (C=O) groups excluding carboxylic acids is 1. The summed E-state index contributed by atoms with van der Waals surface area (Å²) in [6.45, 7) is 0. The molecule has 1 aliphatic carbocycles. The fourth-order valence-corrected chi connectivity index (χ4v) is 2.63. The maximum Gasteiger partial charge on any atom is 0.306 e. The van der Waals surface area contributed by atoms with Gasteiger partial charge in [0.15, 0.2) is 0 Å². The summed E-state index contributed by atoms with van der Waals surface area (Å²) in [4.78, 5) is 23.1. The Morgan fingerprint density at radius 2 is 2.25 bits per heavy atom. The van der Waals surface area contributed by atoms with Gasteiger partial charge in [-0.05, 0) is 30.7 Å². The molecule has 1 aliphatic rings. The molecule has 0 radical (unpaired) electrons. The second kappa shape index (κ2) is 4.65. The summed E-state index contributed by atoms with van der Waals surface area (Å²) in [6, 6.07) is 3.61. The molecule has 0 aliphatic heterocycles. The highest BCUT2D eigenvalue weighted by Gasteiger charge is 2.30. The van der Waals surface area contributed by atoms with Crippen molar-refractivity contribution in [3.63, 3.8) is 0 Å². The minimum absolute atomic E-state index is 0.00991. The van der Waals surface area contributed by atoms with Crippen LogP contribution in [0, 0.1) is 5.92 Å². The maximum atomic E-state index is 11.7. The number of nitrogens with one attached hydrogen (secondary N) is 1. The van der Waals surface area contributed by atoms with E-state index in [2.05, 4.69) is 5.32 Å². The third-order valence-corrected chi connectivity index (χ3v) is 3.73. The summed E-state index contributed by atoms with van der Waals surface area (Å²) in [5.41, 5.74) is 0. The summed E-state index contributed by atoms with van der Waals surface area (Å²) in [5, 5.41) is 13.6. The molecule has 1 amide bonds. The van der Waals surface area contributed by atoms with Gasteiger partial charge in [0.25, 0.3) is 5.91 Å². The van der Waals surface area contributed by atoms with Crippen molar-refractivity contribution in [2.75, 3.05) is 0 Å². The quantitative estimate of drug-likeness (QED) is 0.844. The van der Waals surface area contributed by atoms with Crippen molar-refractivity contribution in [1.82, 2.24) is 5.32 Å². The van der Waals surface area contributed by atoms with Crippen molar-refractivity contribution < 1.29 is 14.7 Å². The molecule has 86 valence electrons. The van der Waals surface area contributed by atoms with Crippen LogP contribution in [-0.2, 0) is 4.79 Å². The van der Waals surface area contributed by atoms with E-state index in [9.17, 15) is 9.59 Å². The number of thiophene rings is 1. The van der Waals surface area contributed by atoms with E-state index in [1.165, 1.54) is 11.3 Å². The molecule has 0 aromatic carbocycles. The van der Waals surface area contributed by atoms with Crippen molar-refractivity contribution >= 4 is 23.2 Å². The number of carbonyl (C=O) groups is 2. The second-order valence-corrected chi connectivity index (χ2v) is 4.94. The van der Waals surface area contributed by atoms with Crippen LogP contribution in [0.1, 0.15) is 28.9 Å². The van der Waals surface area contributed by atoms with Crippen LogP contribution in [0.3, 0.4) is 0 Å². The highest BCUT2D eigenvalue weighted by Crippen LogP contribution is 2.26. The molecular formula is C11H13NO3S. The van der Waals surface area contributed by atoms with Crippen LogP contribution in [0.15, 0.2) is 17.5 Å². The van der Waals surface area contributed by atoms with E-state index in [4.69, 9.17) is 5.11 Å². The van der Waals surface area contributed by atoms with Gasteiger partial charge in [-0.2, -0.15) is 0 Å². The first-order valence-corrected chi connectivity index (χ1v) is 6.12. The van der Waals surface area contributed by atoms with E-state index < -0.39 is 5.97 Å². The highest BCUT2D eigenvalue weighted by molar-refractivity contribution is 7.12. The van der Waals surface area contributed by atoms with E-state index >= 15 is 0 Å². The zero-order valence-corrected chi connectivity index (χ0v) is 9.50. The molecule has 1 fully saturated rings. The van der Waals surface area contributed by atoms with Gasteiger partial charge in [0.1, 0.15) is 0 Å². The molecule has 16 heavy (non-hydrogen) atoms. The number of hydrogen-bond donors (Lipinski definition) is 2. The fourth-order valence-electron chi connectivity index (χ4n) is 2.00. The Hall–Kier alpha value is -1.36. The average Bonchev–Trinajstić information content (AvgIpc) is 2.87. The lowest BCUT2D eigenvalue weighted by molar-refractivity contribution is -0.141. The van der Waals surface area contributed by atoms with Crippen molar-refractivity contribution in [2.24, 2.45) is 5.92 Å². The highest BCUT2D eigenvalue weighted by atomic mass is 32.1. The molecular weight excluding hydrogens is 226 g/mol. The summed E-state index contributed by atoms with van der Waals surface area (Å²) in [6.07, 6.45) is 1.96. The van der Waals surface area contributed by atoms with Gasteiger partial charge >= 0.3 is 5.97 Å². The van der Waals surface area contributed by atoms with Crippen molar-refractivity contribution in [2.45, 2.75) is 25.3 Å². The third-order valence-electron chi connectivity index (χ3n) is 2.86. The van der Waals surface area contributed by atoms with Crippen LogP contribution >= 0.6 is 11.3 Å². The van der Waals surface area contributed by atoms with Crippen LogP contribution in [0.25, 0.3) is 0 Å². The van der Waals surface area contributed by atoms with E-state index in [1.807, 2.05) is 11.4 Å². The van der Waals surface area contributed by atoms with Crippen LogP contribution in [-0.4, -0.2) is 23.0 Å². The van der Waals surface area contributed by atoms with Crippen molar-refractivity contribution in [1.29, 1.82) is 0 Å². The molecule has 1 aromatic heterocycles. The SMILES string of the molecule is O=C(N[C@@H]1CC[C@H](C(=O)O)C1)c1cccs1. The maximum absolute atomic E-state index is 11.7. The van der Waals surface area contributed by atoms with E-state index in [1.54, 1.807) is 6.07 Å². The first kappa shape index (κ1) is 11.1. The largest absolute Gasteiger partial charge is 0.481 e. The van der Waals surface area contributed by atoms with Crippen molar-refractivity contribution in [3.8, 4) is 0 Å². The normalized spacial score (nSPS) is 24.2. The molecule has 4 nitrogen and oxygen atoms in total. The molecule has 1 saturated carbocycles. The lowest BCUT2D eigenvalue weighted by Gasteiger charge is -2.11. The van der Waals surface area contributed by atoms with Gasteiger partial charge < -0.3 is 10.4 Å². The van der Waals surface area contributed by atoms with Crippen LogP contribution in [0.4, 0.5) is 0 Å². The Kier molecular flexibility index (Phi) is 3.24. The van der Waals surface area contributed by atoms with Crippen LogP contribution < -0.4 is 5.32 Å². The van der Waals surface area contributed by atoms with Crippen LogP contribution in [0.2, 0.25) is 0 Å². The molecule has 2 atom stereocenters. The topological polar surface area (TPSA) is 66.4 Å². The standard InChI is InChI=1S/C11H13NO3S/c13-10(9-2-1-5-16-9)12-8-4-3-7(6-8)11(14)15/h1-2,5,7-8H,3-4,6H2,(H,12,13)(H,14,15)/t7-,8+/m0/s1. The van der Waals surface area contributed by atoms with Crippen molar-refractivity contribution in [3.05, 3.63) is 22.4 Å². The predicted octanol–water partition coefficient (Wildman–Crippen LogP) is 1.73. The molecule has 0 unspecified atom stereocenters. The van der Waals surface area contributed by atoms with E-state index in [-0.39, 0.29) is 17.9 Å². The third kappa shape index (κ3) is 2.41. The Morgan fingerprint density at radius 1 is 1.44 bits per heavy atom. The fraction of sp³-hybridized carbons (Fsp3) is 0.455. The zero-order valence-electron chi connectivity index (χ0n) is 8.68. The number of rotatable bonds is 3. The number of carboxylic acids is 1. The van der Waals surface area contributed by atoms with E-state index in [0.29, 0.717) is 17.7 Å². The first-order valence-electron chi connectivity index (χ1n) is 5.24. The number of carboxylic acid groups (broad SMARTS) is 1. The minimum Gasteiger partial charge on any atom is -0.481 e. The van der Waals surface area contributed by atoms with Gasteiger partial charge in [0.05, 0.1) is 10.8 Å². The monoisotopic (exact) mass is 239 g/mol. The smallest absolute Gasteiger partial charge is 0.306 e. The average molecular weight is 239 g/mol. The van der Waals surface area contributed by atoms with Crippen LogP contribution in [0.5, 0.6) is 0 Å². The molecule has 2 rings (SSSR count). The molecule has 5 heteroatoms. The molecule has 0 spiro atoms. The number of hydrogen-bond acceptors (Lipinski definition) is 3. The van der Waals surface area contributed by atoms with E-state index in [0.717, 1.165) is 6.42 Å². The lowest BCUT2D eigenvalue weighted by atomic mass is 10.1. The predicted molar refractivity (Wildman–Crippen MR) is 60.6 cm³/mol. The molecule has 2 N–H and O–H groups in total. The zero-order chi connectivity index (χ0) is 11.5. The Bertz CT molecular complexity index is 388. The number of amides is 1. The Balaban J connectivity index is 1.88. The summed E-state index contributed by atoms with van der Waals surface area (Å²) < 4.78 is 0. The van der Waals surface area contributed by atoms with Gasteiger partial charge in [-0.3, -0.25) is 9.59 Å².